The summed E-state index contributed by atoms with van der Waals surface area (Å²) in [5, 5.41) is 20.9. The fraction of sp³-hybridized carbons (Fsp3) is 0.400. The van der Waals surface area contributed by atoms with Crippen molar-refractivity contribution in [3.63, 3.8) is 0 Å². The van der Waals surface area contributed by atoms with Crippen LogP contribution in [0.1, 0.15) is 25.3 Å². The molecule has 0 aromatic carbocycles. The lowest BCUT2D eigenvalue weighted by molar-refractivity contribution is 0.203. The van der Waals surface area contributed by atoms with E-state index in [-0.39, 0.29) is 30.9 Å². The molecule has 2 heterocycles. The molecule has 2 aromatic rings. The number of nitrogens with two attached hydrogens (primary N) is 1. The van der Waals surface area contributed by atoms with Gasteiger partial charge in [0, 0.05) is 17.8 Å². The second kappa shape index (κ2) is 8.22. The largest absolute Gasteiger partial charge is 0.451 e. The average molecular weight is 398 g/mol. The summed E-state index contributed by atoms with van der Waals surface area (Å²) in [5.74, 6) is 1.49. The highest BCUT2D eigenvalue weighted by atomic mass is 79.9. The topological polar surface area (TPSA) is 126 Å². The summed E-state index contributed by atoms with van der Waals surface area (Å²) in [6.07, 6.45) is 3.18. The molecule has 0 unspecified atom stereocenters. The van der Waals surface area contributed by atoms with Gasteiger partial charge < -0.3 is 26.0 Å². The van der Waals surface area contributed by atoms with Crippen molar-refractivity contribution in [1.82, 2.24) is 15.0 Å². The monoisotopic (exact) mass is 397 g/mol. The fourth-order valence-electron chi connectivity index (χ4n) is 1.93. The molecule has 0 atom stereocenters. The van der Waals surface area contributed by atoms with E-state index in [0.29, 0.717) is 16.1 Å². The van der Waals surface area contributed by atoms with Crippen LogP contribution < -0.4 is 15.8 Å². The van der Waals surface area contributed by atoms with Crippen LogP contribution in [0.3, 0.4) is 0 Å². The normalized spacial score (nSPS) is 11.1. The van der Waals surface area contributed by atoms with Crippen LogP contribution in [0.4, 0.5) is 11.8 Å². The minimum Gasteiger partial charge on any atom is -0.451 e. The SMILES string of the molecule is CC(C)c1cnc(Br)cc1Oc1cnc(NC(CO)CO)nc1N. The standard InChI is InChI=1S/C15H20BrN5O3/c1-8(2)10-4-18-13(16)3-11(10)24-12-5-19-15(21-14(12)17)20-9(6-22)7-23/h3-5,8-9,22-23H,6-7H2,1-2H3,(H3,17,19,20,21). The van der Waals surface area contributed by atoms with Gasteiger partial charge >= 0.3 is 0 Å². The number of halogens is 1. The number of aliphatic hydroxyl groups is 2. The van der Waals surface area contributed by atoms with Gasteiger partial charge in [-0.1, -0.05) is 13.8 Å². The molecule has 8 nitrogen and oxygen atoms in total. The number of aromatic nitrogens is 3. The van der Waals surface area contributed by atoms with E-state index in [4.69, 9.17) is 20.7 Å². The Balaban J connectivity index is 2.24. The van der Waals surface area contributed by atoms with Gasteiger partial charge in [0.05, 0.1) is 25.5 Å². The van der Waals surface area contributed by atoms with Crippen LogP contribution in [0.2, 0.25) is 0 Å². The maximum atomic E-state index is 9.07. The van der Waals surface area contributed by atoms with Gasteiger partial charge in [0.2, 0.25) is 5.95 Å². The third kappa shape index (κ3) is 4.53. The number of ether oxygens (including phenoxy) is 1. The molecule has 0 amide bonds. The third-order valence-electron chi connectivity index (χ3n) is 3.26. The lowest BCUT2D eigenvalue weighted by Crippen LogP contribution is -2.28. The number of nitrogens with zero attached hydrogens (tertiary/aromatic N) is 3. The maximum absolute atomic E-state index is 9.07. The van der Waals surface area contributed by atoms with Crippen molar-refractivity contribution < 1.29 is 14.9 Å². The van der Waals surface area contributed by atoms with Crippen molar-refractivity contribution in [3.05, 3.63) is 28.6 Å². The molecule has 0 bridgehead atoms. The van der Waals surface area contributed by atoms with Crippen molar-refractivity contribution in [1.29, 1.82) is 0 Å². The summed E-state index contributed by atoms with van der Waals surface area (Å²) in [7, 11) is 0. The molecule has 0 aliphatic carbocycles. The lowest BCUT2D eigenvalue weighted by Gasteiger charge is -2.16. The zero-order valence-electron chi connectivity index (χ0n) is 13.4. The summed E-state index contributed by atoms with van der Waals surface area (Å²) in [4.78, 5) is 12.4. The summed E-state index contributed by atoms with van der Waals surface area (Å²) in [6.45, 7) is 3.57. The maximum Gasteiger partial charge on any atom is 0.225 e. The first kappa shape index (κ1) is 18.4. The highest BCUT2D eigenvalue weighted by Gasteiger charge is 2.14. The van der Waals surface area contributed by atoms with E-state index in [1.54, 1.807) is 12.3 Å². The summed E-state index contributed by atoms with van der Waals surface area (Å²) in [6, 6.07) is 1.20. The number of pyridine rings is 1. The quantitative estimate of drug-likeness (QED) is 0.521. The van der Waals surface area contributed by atoms with Gasteiger partial charge in [-0.25, -0.2) is 9.97 Å². The van der Waals surface area contributed by atoms with E-state index in [0.717, 1.165) is 5.56 Å². The smallest absolute Gasteiger partial charge is 0.225 e. The number of rotatable bonds is 7. The second-order valence-corrected chi connectivity index (χ2v) is 6.26. The van der Waals surface area contributed by atoms with Gasteiger partial charge in [0.25, 0.3) is 0 Å². The first-order chi connectivity index (χ1) is 11.4. The van der Waals surface area contributed by atoms with Crippen LogP contribution >= 0.6 is 15.9 Å². The molecule has 0 aliphatic rings. The van der Waals surface area contributed by atoms with Crippen molar-refractivity contribution in [2.45, 2.75) is 25.8 Å². The molecule has 0 fully saturated rings. The molecule has 24 heavy (non-hydrogen) atoms. The Bertz CT molecular complexity index is 695. The minimum absolute atomic E-state index is 0.143. The van der Waals surface area contributed by atoms with E-state index in [2.05, 4.69) is 36.2 Å². The van der Waals surface area contributed by atoms with Crippen molar-refractivity contribution in [2.24, 2.45) is 0 Å². The molecule has 2 aromatic heterocycles. The van der Waals surface area contributed by atoms with Gasteiger partial charge in [-0.3, -0.25) is 0 Å². The molecule has 2 rings (SSSR count). The van der Waals surface area contributed by atoms with E-state index in [1.807, 2.05) is 13.8 Å². The molecular weight excluding hydrogens is 378 g/mol. The number of anilines is 2. The highest BCUT2D eigenvalue weighted by Crippen LogP contribution is 2.33. The second-order valence-electron chi connectivity index (χ2n) is 5.45. The molecule has 9 heteroatoms. The van der Waals surface area contributed by atoms with Crippen molar-refractivity contribution >= 4 is 27.7 Å². The number of aliphatic hydroxyl groups excluding tert-OH is 2. The van der Waals surface area contributed by atoms with E-state index < -0.39 is 6.04 Å². The molecule has 0 aliphatic heterocycles. The first-order valence-electron chi connectivity index (χ1n) is 7.38. The Labute approximate surface area is 148 Å². The Hall–Kier alpha value is -1.97. The van der Waals surface area contributed by atoms with Gasteiger partial charge in [-0.05, 0) is 21.8 Å². The minimum atomic E-state index is -0.556. The van der Waals surface area contributed by atoms with Crippen molar-refractivity contribution in [3.8, 4) is 11.5 Å². The van der Waals surface area contributed by atoms with E-state index in [1.165, 1.54) is 6.20 Å². The molecule has 0 saturated heterocycles. The Kier molecular flexibility index (Phi) is 6.29. The number of hydrogen-bond donors (Lipinski definition) is 4. The summed E-state index contributed by atoms with van der Waals surface area (Å²) >= 11 is 3.32. The lowest BCUT2D eigenvalue weighted by atomic mass is 10.1. The molecule has 130 valence electrons. The number of nitrogen functional groups attached to an aromatic ring is 1. The van der Waals surface area contributed by atoms with E-state index in [9.17, 15) is 0 Å². The van der Waals surface area contributed by atoms with Gasteiger partial charge in [-0.15, -0.1) is 0 Å². The number of nitrogens with one attached hydrogen (secondary N) is 1. The summed E-state index contributed by atoms with van der Waals surface area (Å²) < 4.78 is 6.50. The number of hydrogen-bond acceptors (Lipinski definition) is 8. The van der Waals surface area contributed by atoms with Crippen LogP contribution in [0, 0.1) is 0 Å². The first-order valence-corrected chi connectivity index (χ1v) is 8.18. The molecule has 0 spiro atoms. The zero-order chi connectivity index (χ0) is 17.7. The van der Waals surface area contributed by atoms with Crippen LogP contribution in [-0.4, -0.2) is 44.4 Å². The van der Waals surface area contributed by atoms with E-state index >= 15 is 0 Å². The van der Waals surface area contributed by atoms with Crippen LogP contribution in [-0.2, 0) is 0 Å². The predicted molar refractivity (Wildman–Crippen MR) is 94.1 cm³/mol. The highest BCUT2D eigenvalue weighted by molar-refractivity contribution is 9.10. The Morgan fingerprint density at radius 3 is 2.50 bits per heavy atom. The summed E-state index contributed by atoms with van der Waals surface area (Å²) in [5.41, 5.74) is 6.85. The molecule has 0 saturated carbocycles. The van der Waals surface area contributed by atoms with Crippen LogP contribution in [0.25, 0.3) is 0 Å². The molecule has 5 N–H and O–H groups in total. The zero-order valence-corrected chi connectivity index (χ0v) is 15.0. The molecular formula is C15H20BrN5O3. The van der Waals surface area contributed by atoms with Gasteiger partial charge in [-0.2, -0.15) is 4.98 Å². The third-order valence-corrected chi connectivity index (χ3v) is 3.69. The Morgan fingerprint density at radius 2 is 1.92 bits per heavy atom. The van der Waals surface area contributed by atoms with Gasteiger partial charge in [0.1, 0.15) is 10.4 Å². The Morgan fingerprint density at radius 1 is 1.21 bits per heavy atom. The predicted octanol–water partition coefficient (Wildman–Crippen LogP) is 1.90. The van der Waals surface area contributed by atoms with Crippen molar-refractivity contribution in [2.75, 3.05) is 24.3 Å². The fourth-order valence-corrected chi connectivity index (χ4v) is 2.24. The molecule has 0 radical (unpaired) electrons. The average Bonchev–Trinajstić information content (AvgIpc) is 2.54. The van der Waals surface area contributed by atoms with Crippen LogP contribution in [0.15, 0.2) is 23.1 Å². The van der Waals surface area contributed by atoms with Crippen LogP contribution in [0.5, 0.6) is 11.5 Å². The van der Waals surface area contributed by atoms with Gasteiger partial charge in [0.15, 0.2) is 11.6 Å².